The number of nitrogens with zero attached hydrogens (tertiary/aromatic N) is 4. The minimum atomic E-state index is -0.707. The summed E-state index contributed by atoms with van der Waals surface area (Å²) in [6, 6.07) is 7.74. The van der Waals surface area contributed by atoms with Crippen molar-refractivity contribution in [1.29, 1.82) is 0 Å². The Balaban J connectivity index is 1.63. The number of carbonyl (C=O) groups excluding carboxylic acids is 1. The van der Waals surface area contributed by atoms with E-state index in [1.807, 2.05) is 0 Å². The third-order valence-electron chi connectivity index (χ3n) is 5.08. The number of methoxy groups -OCH3 is 1. The summed E-state index contributed by atoms with van der Waals surface area (Å²) in [4.78, 5) is 18.2. The predicted octanol–water partition coefficient (Wildman–Crippen LogP) is 5.87. The summed E-state index contributed by atoms with van der Waals surface area (Å²) in [7, 11) is 1.47. The van der Waals surface area contributed by atoms with Gasteiger partial charge in [0.1, 0.15) is 11.6 Å². The maximum absolute atomic E-state index is 15.1. The van der Waals surface area contributed by atoms with Crippen molar-refractivity contribution in [2.24, 2.45) is 0 Å². The van der Waals surface area contributed by atoms with Gasteiger partial charge in [-0.05, 0) is 48.4 Å². The van der Waals surface area contributed by atoms with E-state index >= 15 is 4.39 Å². The molecule has 1 amide bonds. The van der Waals surface area contributed by atoms with Crippen LogP contribution in [0.3, 0.4) is 0 Å². The molecule has 0 radical (unpaired) electrons. The van der Waals surface area contributed by atoms with Crippen molar-refractivity contribution in [3.8, 4) is 16.9 Å². The van der Waals surface area contributed by atoms with E-state index in [9.17, 15) is 9.18 Å². The Morgan fingerprint density at radius 1 is 1.06 bits per heavy atom. The number of benzene rings is 2. The average Bonchev–Trinajstić information content (AvgIpc) is 3.34. The number of halogens is 4. The van der Waals surface area contributed by atoms with E-state index in [1.165, 1.54) is 60.8 Å². The Morgan fingerprint density at radius 2 is 1.79 bits per heavy atom. The van der Waals surface area contributed by atoms with Gasteiger partial charge in [-0.2, -0.15) is 10.2 Å². The molecule has 1 unspecified atom stereocenters. The maximum atomic E-state index is 15.1. The van der Waals surface area contributed by atoms with E-state index in [1.54, 1.807) is 6.92 Å². The summed E-state index contributed by atoms with van der Waals surface area (Å²) in [5, 5.41) is 10.7. The molecule has 7 nitrogen and oxygen atoms in total. The van der Waals surface area contributed by atoms with Crippen molar-refractivity contribution < 1.29 is 18.3 Å². The Hall–Kier alpha value is -3.40. The Bertz CT molecular complexity index is 1370. The number of hydrogen-bond acceptors (Lipinski definition) is 5. The SMILES string of the molecule is COC(C)c1cc(F)ccc1-c1cc(Cl)c(C(=O)Nc2cnc(-n3nccn3)c(Cl)c2)cc1F. The van der Waals surface area contributed by atoms with E-state index in [0.29, 0.717) is 11.1 Å². The molecule has 2 aromatic heterocycles. The first kappa shape index (κ1) is 23.7. The first-order valence-corrected chi connectivity index (χ1v) is 10.7. The molecule has 0 spiro atoms. The molecule has 0 aliphatic rings. The molecule has 4 aromatic rings. The zero-order chi connectivity index (χ0) is 24.4. The van der Waals surface area contributed by atoms with Crippen LogP contribution < -0.4 is 5.32 Å². The number of carbonyl (C=O) groups is 1. The molecule has 4 rings (SSSR count). The van der Waals surface area contributed by atoms with Gasteiger partial charge < -0.3 is 10.1 Å². The van der Waals surface area contributed by atoms with Crippen LogP contribution in [0.2, 0.25) is 10.0 Å². The van der Waals surface area contributed by atoms with Crippen LogP contribution in [-0.2, 0) is 4.74 Å². The second-order valence-electron chi connectivity index (χ2n) is 7.22. The number of amides is 1. The van der Waals surface area contributed by atoms with E-state index in [-0.39, 0.29) is 32.7 Å². The van der Waals surface area contributed by atoms with Crippen LogP contribution in [0.4, 0.5) is 14.5 Å². The van der Waals surface area contributed by atoms with Gasteiger partial charge in [0.2, 0.25) is 0 Å². The third kappa shape index (κ3) is 4.77. The number of nitrogens with one attached hydrogen (secondary N) is 1. The van der Waals surface area contributed by atoms with Crippen LogP contribution >= 0.6 is 23.2 Å². The van der Waals surface area contributed by atoms with Crippen molar-refractivity contribution in [2.45, 2.75) is 13.0 Å². The highest BCUT2D eigenvalue weighted by atomic mass is 35.5. The number of rotatable bonds is 6. The molecule has 0 aliphatic heterocycles. The van der Waals surface area contributed by atoms with Crippen molar-refractivity contribution in [2.75, 3.05) is 12.4 Å². The monoisotopic (exact) mass is 503 g/mol. The van der Waals surface area contributed by atoms with Gasteiger partial charge in [-0.3, -0.25) is 4.79 Å². The molecule has 2 aromatic carbocycles. The van der Waals surface area contributed by atoms with Gasteiger partial charge in [-0.25, -0.2) is 13.8 Å². The molecule has 1 N–H and O–H groups in total. The van der Waals surface area contributed by atoms with Crippen molar-refractivity contribution in [3.05, 3.63) is 87.8 Å². The molecule has 0 saturated carbocycles. The average molecular weight is 504 g/mol. The fraction of sp³-hybridized carbons (Fsp3) is 0.130. The standard InChI is InChI=1S/C23H17Cl2F2N5O2/c1-12(34-2)16-7-13(26)3-4-15(16)17-9-19(24)18(10-21(17)27)23(33)31-14-8-20(25)22(28-11-14)32-29-5-6-30-32/h3-12H,1-2H3,(H,31,33). The van der Waals surface area contributed by atoms with Gasteiger partial charge >= 0.3 is 0 Å². The summed E-state index contributed by atoms with van der Waals surface area (Å²) < 4.78 is 34.2. The number of hydrogen-bond donors (Lipinski definition) is 1. The quantitative estimate of drug-likeness (QED) is 0.355. The Morgan fingerprint density at radius 3 is 2.47 bits per heavy atom. The van der Waals surface area contributed by atoms with Crippen LogP contribution in [0.25, 0.3) is 16.9 Å². The first-order chi connectivity index (χ1) is 16.3. The van der Waals surface area contributed by atoms with Crippen molar-refractivity contribution in [1.82, 2.24) is 20.0 Å². The lowest BCUT2D eigenvalue weighted by molar-refractivity contribution is 0.102. The lowest BCUT2D eigenvalue weighted by Crippen LogP contribution is -2.14. The van der Waals surface area contributed by atoms with E-state index in [4.69, 9.17) is 27.9 Å². The fourth-order valence-electron chi connectivity index (χ4n) is 3.34. The van der Waals surface area contributed by atoms with Gasteiger partial charge in [0.05, 0.1) is 46.0 Å². The van der Waals surface area contributed by atoms with Crippen LogP contribution in [-0.4, -0.2) is 33.0 Å². The summed E-state index contributed by atoms with van der Waals surface area (Å²) in [5.41, 5.74) is 1.13. The number of pyridine rings is 1. The molecule has 34 heavy (non-hydrogen) atoms. The minimum Gasteiger partial charge on any atom is -0.377 e. The van der Waals surface area contributed by atoms with Crippen molar-refractivity contribution in [3.63, 3.8) is 0 Å². The minimum absolute atomic E-state index is 0.00524. The number of aromatic nitrogens is 4. The van der Waals surface area contributed by atoms with Gasteiger partial charge in [-0.15, -0.1) is 4.80 Å². The molecular formula is C23H17Cl2F2N5O2. The highest BCUT2D eigenvalue weighted by molar-refractivity contribution is 6.35. The maximum Gasteiger partial charge on any atom is 0.257 e. The Labute approximate surface area is 203 Å². The Kier molecular flexibility index (Phi) is 6.87. The van der Waals surface area contributed by atoms with Crippen molar-refractivity contribution >= 4 is 34.8 Å². The molecule has 0 saturated heterocycles. The van der Waals surface area contributed by atoms with Crippen LogP contribution in [0.15, 0.2) is 55.0 Å². The molecule has 1 atom stereocenters. The molecule has 11 heteroatoms. The second kappa shape index (κ2) is 9.84. The van der Waals surface area contributed by atoms with Gasteiger partial charge in [-0.1, -0.05) is 29.3 Å². The fourth-order valence-corrected chi connectivity index (χ4v) is 3.83. The molecule has 0 aliphatic carbocycles. The van der Waals surface area contributed by atoms with Crippen LogP contribution in [0.5, 0.6) is 0 Å². The zero-order valence-electron chi connectivity index (χ0n) is 17.9. The number of anilines is 1. The highest BCUT2D eigenvalue weighted by Gasteiger charge is 2.20. The normalized spacial score (nSPS) is 11.9. The highest BCUT2D eigenvalue weighted by Crippen LogP contribution is 2.35. The van der Waals surface area contributed by atoms with Gasteiger partial charge in [0.25, 0.3) is 5.91 Å². The predicted molar refractivity (Wildman–Crippen MR) is 124 cm³/mol. The van der Waals surface area contributed by atoms with E-state index in [0.717, 1.165) is 6.07 Å². The topological polar surface area (TPSA) is 81.9 Å². The van der Waals surface area contributed by atoms with E-state index in [2.05, 4.69) is 20.5 Å². The molecule has 0 bridgehead atoms. The molecule has 0 fully saturated rings. The molecule has 2 heterocycles. The smallest absolute Gasteiger partial charge is 0.257 e. The van der Waals surface area contributed by atoms with Crippen LogP contribution in [0, 0.1) is 11.6 Å². The summed E-state index contributed by atoms with van der Waals surface area (Å²) in [6.45, 7) is 1.71. The summed E-state index contributed by atoms with van der Waals surface area (Å²) in [5.74, 6) is -1.57. The van der Waals surface area contributed by atoms with Crippen LogP contribution in [0.1, 0.15) is 28.9 Å². The van der Waals surface area contributed by atoms with Gasteiger partial charge in [0.15, 0.2) is 5.82 Å². The second-order valence-corrected chi connectivity index (χ2v) is 8.04. The molecule has 174 valence electrons. The largest absolute Gasteiger partial charge is 0.377 e. The van der Waals surface area contributed by atoms with E-state index < -0.39 is 23.6 Å². The zero-order valence-corrected chi connectivity index (χ0v) is 19.4. The van der Waals surface area contributed by atoms with Gasteiger partial charge in [0, 0.05) is 12.7 Å². The summed E-state index contributed by atoms with van der Waals surface area (Å²) >= 11 is 12.6. The third-order valence-corrected chi connectivity index (χ3v) is 5.68. The molecular weight excluding hydrogens is 487 g/mol. The lowest BCUT2D eigenvalue weighted by Gasteiger charge is -2.17. The summed E-state index contributed by atoms with van der Waals surface area (Å²) in [6.07, 6.45) is 3.80. The lowest BCUT2D eigenvalue weighted by atomic mass is 9.95. The number of ether oxygens (including phenoxy) is 1. The first-order valence-electron chi connectivity index (χ1n) is 9.93.